The third kappa shape index (κ3) is 19.9. The molecule has 2 N–H and O–H groups in total. The monoisotopic (exact) mass is 74.0 g/mol. The molecule has 0 aromatic carbocycles. The summed E-state index contributed by atoms with van der Waals surface area (Å²) in [6, 6.07) is 0. The molecule has 0 unspecified atom stereocenters. The number of hydrogen-bond acceptors (Lipinski definition) is 2. The van der Waals surface area contributed by atoms with Crippen molar-refractivity contribution in [1.82, 2.24) is 0 Å². The second kappa shape index (κ2) is 74.4. The van der Waals surface area contributed by atoms with Gasteiger partial charge in [0.05, 0.1) is 0 Å². The molecular formula is H3NaO3. The molecule has 4 heavy (non-hydrogen) atoms. The molecule has 0 aliphatic heterocycles. The summed E-state index contributed by atoms with van der Waals surface area (Å²) in [7, 11) is 0. The summed E-state index contributed by atoms with van der Waals surface area (Å²) in [5, 5.41) is 0. The van der Waals surface area contributed by atoms with E-state index in [1.807, 2.05) is 0 Å². The summed E-state index contributed by atoms with van der Waals surface area (Å²) in [6.45, 7) is 0. The van der Waals surface area contributed by atoms with Gasteiger partial charge in [0.1, 0.15) is 0 Å². The fourth-order valence-electron chi connectivity index (χ4n) is 0. The van der Waals surface area contributed by atoms with Crippen LogP contribution in [0.4, 0.5) is 0 Å². The van der Waals surface area contributed by atoms with E-state index < -0.39 is 0 Å². The minimum absolute atomic E-state index is 0. The molecular weight excluding hydrogens is 71.0 g/mol. The average molecular weight is 74.0 g/mol. The van der Waals surface area contributed by atoms with E-state index in [-0.39, 0.29) is 35.0 Å². The first kappa shape index (κ1) is 23.7. The molecule has 22 valence electrons. The molecule has 0 atom stereocenters. The first-order valence-electron chi connectivity index (χ1n) is 0.167. The van der Waals surface area contributed by atoms with Gasteiger partial charge in [-0.1, -0.05) is 0 Å². The predicted octanol–water partition coefficient (Wildman–Crippen LogP) is -1.41. The van der Waals surface area contributed by atoms with Crippen molar-refractivity contribution in [3.63, 3.8) is 0 Å². The van der Waals surface area contributed by atoms with E-state index in [1.54, 1.807) is 0 Å². The van der Waals surface area contributed by atoms with Crippen LogP contribution in [0.1, 0.15) is 0 Å². The van der Waals surface area contributed by atoms with Gasteiger partial charge in [-0.3, -0.25) is 0 Å². The fourth-order valence-corrected chi connectivity index (χ4v) is 0. The predicted molar refractivity (Wildman–Crippen MR) is 17.5 cm³/mol. The van der Waals surface area contributed by atoms with Crippen LogP contribution >= 0.6 is 0 Å². The van der Waals surface area contributed by atoms with Gasteiger partial charge in [0, 0.05) is 9.93 Å². The van der Waals surface area contributed by atoms with Crippen molar-refractivity contribution < 1.29 is 5.48 Å². The van der Waals surface area contributed by atoms with Crippen molar-refractivity contribution >= 4 is 29.6 Å². The third-order valence-corrected chi connectivity index (χ3v) is 0. The van der Waals surface area contributed by atoms with Crippen molar-refractivity contribution in [3.8, 4) is 0 Å². The van der Waals surface area contributed by atoms with E-state index in [0.29, 0.717) is 0 Å². The summed E-state index contributed by atoms with van der Waals surface area (Å²) in [5.41, 5.74) is 0. The molecule has 3 nitrogen and oxygen atoms in total. The molecule has 0 rings (SSSR count). The van der Waals surface area contributed by atoms with Crippen molar-refractivity contribution in [1.29, 1.82) is 0 Å². The molecule has 0 heterocycles. The van der Waals surface area contributed by atoms with Gasteiger partial charge in [-0.2, -0.15) is 0 Å². The Hall–Kier alpha value is 0.560. The molecule has 4 heteroatoms. The van der Waals surface area contributed by atoms with Gasteiger partial charge in [-0.25, -0.2) is 0 Å². The van der Waals surface area contributed by atoms with Gasteiger partial charge < -0.3 is 5.48 Å². The Kier molecular flexibility index (Phi) is 442. The zero-order valence-corrected chi connectivity index (χ0v) is 1.32. The zero-order valence-electron chi connectivity index (χ0n) is 1.32. The molecule has 0 bridgehead atoms. The summed E-state index contributed by atoms with van der Waals surface area (Å²) >= 11 is 0. The van der Waals surface area contributed by atoms with Gasteiger partial charge in [-0.05, 0) is 0 Å². The van der Waals surface area contributed by atoms with Crippen LogP contribution < -0.4 is 0 Å². The average Bonchev–Trinajstić information content (AvgIpc) is 1.00. The minimum atomic E-state index is 0. The first-order valence-corrected chi connectivity index (χ1v) is 0.167. The van der Waals surface area contributed by atoms with Crippen molar-refractivity contribution in [2.45, 2.75) is 0 Å². The zero-order chi connectivity index (χ0) is 2.00. The summed E-state index contributed by atoms with van der Waals surface area (Å²) in [6.07, 6.45) is 0. The molecule has 0 aromatic rings. The topological polar surface area (TPSA) is 65.6 Å². The molecule has 0 saturated heterocycles. The van der Waals surface area contributed by atoms with Crippen LogP contribution in [-0.4, -0.2) is 35.0 Å². The Bertz CT molecular complexity index is 3.25. The SMILES string of the molecule is O.O=O.[NaH]. The molecule has 0 saturated carbocycles. The molecule has 0 spiro atoms. The van der Waals surface area contributed by atoms with Crippen molar-refractivity contribution in [2.24, 2.45) is 0 Å². The van der Waals surface area contributed by atoms with Crippen LogP contribution in [0.3, 0.4) is 0 Å². The Balaban J connectivity index is -0.00000000500. The Morgan fingerprint density at radius 2 is 1.00 bits per heavy atom. The summed E-state index contributed by atoms with van der Waals surface area (Å²) in [4.78, 5) is 14.0. The van der Waals surface area contributed by atoms with Gasteiger partial charge in [0.25, 0.3) is 0 Å². The van der Waals surface area contributed by atoms with E-state index in [4.69, 9.17) is 9.93 Å². The van der Waals surface area contributed by atoms with Crippen molar-refractivity contribution in [3.05, 3.63) is 9.93 Å². The van der Waals surface area contributed by atoms with Gasteiger partial charge >= 0.3 is 29.6 Å². The van der Waals surface area contributed by atoms with E-state index in [9.17, 15) is 0 Å². The normalized spacial score (nSPS) is 1.00. The quantitative estimate of drug-likeness (QED) is 0.331. The summed E-state index contributed by atoms with van der Waals surface area (Å²) < 4.78 is 0. The Labute approximate surface area is 45.2 Å². The standard InChI is InChI=1S/Na.O2.H2O.H/c;1-2;;/h;;1H2;. The van der Waals surface area contributed by atoms with Crippen LogP contribution in [0.5, 0.6) is 0 Å². The Morgan fingerprint density at radius 1 is 1.00 bits per heavy atom. The van der Waals surface area contributed by atoms with Crippen LogP contribution in [0.25, 0.3) is 0 Å². The van der Waals surface area contributed by atoms with Crippen molar-refractivity contribution in [2.75, 3.05) is 0 Å². The van der Waals surface area contributed by atoms with Gasteiger partial charge in [-0.15, -0.1) is 0 Å². The molecule has 0 aliphatic carbocycles. The van der Waals surface area contributed by atoms with E-state index in [1.165, 1.54) is 0 Å². The van der Waals surface area contributed by atoms with Crippen LogP contribution in [0.15, 0.2) is 0 Å². The van der Waals surface area contributed by atoms with Crippen LogP contribution in [0.2, 0.25) is 0 Å². The van der Waals surface area contributed by atoms with Crippen LogP contribution in [-0.2, 0) is 0 Å². The van der Waals surface area contributed by atoms with Gasteiger partial charge in [0.2, 0.25) is 0 Å². The number of rotatable bonds is 0. The van der Waals surface area contributed by atoms with E-state index >= 15 is 0 Å². The third-order valence-electron chi connectivity index (χ3n) is 0. The van der Waals surface area contributed by atoms with E-state index in [2.05, 4.69) is 0 Å². The van der Waals surface area contributed by atoms with Crippen LogP contribution in [0, 0.1) is 9.93 Å². The second-order valence-electron chi connectivity index (χ2n) is 0. The fraction of sp³-hybridized carbons (Fsp3) is 0. The van der Waals surface area contributed by atoms with Gasteiger partial charge in [0.15, 0.2) is 0 Å². The maximum absolute atomic E-state index is 7.00. The molecule has 0 fully saturated rings. The number of hydrogen-bond donors (Lipinski definition) is 0. The molecule has 0 radical (unpaired) electrons. The first-order chi connectivity index (χ1) is 1.00. The molecule has 0 amide bonds. The van der Waals surface area contributed by atoms with E-state index in [0.717, 1.165) is 0 Å². The summed E-state index contributed by atoms with van der Waals surface area (Å²) in [5.74, 6) is 0. The Morgan fingerprint density at radius 3 is 1.00 bits per heavy atom. The molecule has 0 aromatic heterocycles. The maximum atomic E-state index is 7.00. The molecule has 0 aliphatic rings. The second-order valence-corrected chi connectivity index (χ2v) is 0.